The van der Waals surface area contributed by atoms with Gasteiger partial charge in [-0.2, -0.15) is 18.3 Å². The van der Waals surface area contributed by atoms with Crippen LogP contribution in [0.4, 0.5) is 13.2 Å². The monoisotopic (exact) mass is 379 g/mol. The van der Waals surface area contributed by atoms with Crippen LogP contribution in [0.2, 0.25) is 0 Å². The largest absolute Gasteiger partial charge is 0.416 e. The van der Waals surface area contributed by atoms with E-state index in [-0.39, 0.29) is 12.1 Å². The first-order chi connectivity index (χ1) is 12.7. The number of aryl methyl sites for hydroxylation is 1. The molecule has 3 rings (SSSR count). The van der Waals surface area contributed by atoms with E-state index in [1.54, 1.807) is 18.5 Å². The normalized spacial score (nSPS) is 12.9. The molecule has 1 aromatic carbocycles. The fraction of sp³-hybridized carbons (Fsp3) is 0.294. The highest BCUT2D eigenvalue weighted by atomic mass is 19.4. The van der Waals surface area contributed by atoms with Crippen molar-refractivity contribution in [3.8, 4) is 0 Å². The molecule has 2 heterocycles. The van der Waals surface area contributed by atoms with Crippen molar-refractivity contribution in [1.82, 2.24) is 24.6 Å². The van der Waals surface area contributed by atoms with Gasteiger partial charge in [0.05, 0.1) is 29.6 Å². The maximum Gasteiger partial charge on any atom is 0.416 e. The van der Waals surface area contributed by atoms with Gasteiger partial charge in [0.1, 0.15) is 6.54 Å². The number of benzene rings is 1. The fourth-order valence-corrected chi connectivity index (χ4v) is 2.64. The number of fused-ring (bicyclic) bond motifs is 1. The molecule has 0 spiro atoms. The second kappa shape index (κ2) is 6.86. The Morgan fingerprint density at radius 1 is 1.26 bits per heavy atom. The number of carbonyl (C=O) groups excluding carboxylic acids is 1. The molecule has 0 fully saturated rings. The zero-order chi connectivity index (χ0) is 19.8. The SMILES string of the molecule is CC(NC(=O)Cn1ncc2c(ncn2C)c1=O)c1ccc(C(F)(F)F)cc1. The molecule has 27 heavy (non-hydrogen) atoms. The Balaban J connectivity index is 1.70. The minimum Gasteiger partial charge on any atom is -0.348 e. The van der Waals surface area contributed by atoms with E-state index < -0.39 is 29.2 Å². The summed E-state index contributed by atoms with van der Waals surface area (Å²) in [4.78, 5) is 28.5. The molecular formula is C17H16F3N5O2. The highest BCUT2D eigenvalue weighted by molar-refractivity contribution is 5.77. The lowest BCUT2D eigenvalue weighted by molar-refractivity contribution is -0.137. The molecule has 0 aliphatic heterocycles. The van der Waals surface area contributed by atoms with Gasteiger partial charge in [0, 0.05) is 7.05 Å². The van der Waals surface area contributed by atoms with Crippen molar-refractivity contribution in [2.75, 3.05) is 0 Å². The second-order valence-corrected chi connectivity index (χ2v) is 6.11. The second-order valence-electron chi connectivity index (χ2n) is 6.11. The number of halogens is 3. The van der Waals surface area contributed by atoms with E-state index in [1.807, 2.05) is 0 Å². The molecular weight excluding hydrogens is 363 g/mol. The lowest BCUT2D eigenvalue weighted by atomic mass is 10.1. The molecule has 10 heteroatoms. The van der Waals surface area contributed by atoms with Gasteiger partial charge in [-0.05, 0) is 24.6 Å². The summed E-state index contributed by atoms with van der Waals surface area (Å²) in [6.07, 6.45) is -1.50. The molecule has 3 aromatic rings. The number of rotatable bonds is 4. The van der Waals surface area contributed by atoms with Crippen LogP contribution in [-0.4, -0.2) is 25.2 Å². The van der Waals surface area contributed by atoms with Crippen LogP contribution in [0.1, 0.15) is 24.1 Å². The smallest absolute Gasteiger partial charge is 0.348 e. The Kier molecular flexibility index (Phi) is 4.73. The summed E-state index contributed by atoms with van der Waals surface area (Å²) in [5, 5.41) is 6.59. The summed E-state index contributed by atoms with van der Waals surface area (Å²) >= 11 is 0. The van der Waals surface area contributed by atoms with Gasteiger partial charge in [0.15, 0.2) is 5.52 Å². The number of imidazole rings is 1. The molecule has 0 saturated carbocycles. The van der Waals surface area contributed by atoms with Crippen LogP contribution < -0.4 is 10.9 Å². The maximum absolute atomic E-state index is 12.6. The summed E-state index contributed by atoms with van der Waals surface area (Å²) in [5.74, 6) is -0.493. The van der Waals surface area contributed by atoms with E-state index in [2.05, 4.69) is 15.4 Å². The van der Waals surface area contributed by atoms with Crippen molar-refractivity contribution in [3.05, 3.63) is 58.3 Å². The summed E-state index contributed by atoms with van der Waals surface area (Å²) in [6.45, 7) is 1.31. The molecule has 1 unspecified atom stereocenters. The molecule has 1 atom stereocenters. The zero-order valence-electron chi connectivity index (χ0n) is 14.5. The van der Waals surface area contributed by atoms with Crippen molar-refractivity contribution in [2.45, 2.75) is 25.7 Å². The first-order valence-corrected chi connectivity index (χ1v) is 8.00. The lowest BCUT2D eigenvalue weighted by Gasteiger charge is -2.15. The first-order valence-electron chi connectivity index (χ1n) is 8.00. The van der Waals surface area contributed by atoms with Crippen LogP contribution in [0.5, 0.6) is 0 Å². The lowest BCUT2D eigenvalue weighted by Crippen LogP contribution is -2.35. The minimum absolute atomic E-state index is 0.205. The van der Waals surface area contributed by atoms with E-state index in [1.165, 1.54) is 24.7 Å². The van der Waals surface area contributed by atoms with Gasteiger partial charge >= 0.3 is 6.18 Å². The van der Waals surface area contributed by atoms with Crippen molar-refractivity contribution in [1.29, 1.82) is 0 Å². The molecule has 0 radical (unpaired) electrons. The van der Waals surface area contributed by atoms with Gasteiger partial charge in [-0.25, -0.2) is 9.67 Å². The summed E-state index contributed by atoms with van der Waals surface area (Å²) in [5.41, 5.74) is 0.0114. The molecule has 0 aliphatic carbocycles. The molecule has 0 saturated heterocycles. The third-order valence-corrected chi connectivity index (χ3v) is 4.15. The third-order valence-electron chi connectivity index (χ3n) is 4.15. The third kappa shape index (κ3) is 3.83. The summed E-state index contributed by atoms with van der Waals surface area (Å²) in [6, 6.07) is 3.99. The van der Waals surface area contributed by atoms with Gasteiger partial charge < -0.3 is 9.88 Å². The number of amides is 1. The van der Waals surface area contributed by atoms with Crippen LogP contribution in [0.3, 0.4) is 0 Å². The Labute approximate surface area is 151 Å². The number of carbonyl (C=O) groups is 1. The van der Waals surface area contributed by atoms with Gasteiger partial charge in [0.2, 0.25) is 5.91 Å². The highest BCUT2D eigenvalue weighted by Gasteiger charge is 2.30. The molecule has 7 nitrogen and oxygen atoms in total. The number of nitrogens with one attached hydrogen (secondary N) is 1. The number of aromatic nitrogens is 4. The number of nitrogens with zero attached hydrogens (tertiary/aromatic N) is 4. The quantitative estimate of drug-likeness (QED) is 0.752. The van der Waals surface area contributed by atoms with Crippen LogP contribution in [0.25, 0.3) is 11.0 Å². The zero-order valence-corrected chi connectivity index (χ0v) is 14.5. The fourth-order valence-electron chi connectivity index (χ4n) is 2.64. The first kappa shape index (κ1) is 18.6. The number of alkyl halides is 3. The van der Waals surface area contributed by atoms with Crippen LogP contribution in [0.15, 0.2) is 41.6 Å². The standard InChI is InChI=1S/C17H16F3N5O2/c1-10(11-3-5-12(6-4-11)17(18,19)20)23-14(26)8-25-16(27)15-13(7-22-25)24(2)9-21-15/h3-7,9-10H,8H2,1-2H3,(H,23,26). The minimum atomic E-state index is -4.41. The van der Waals surface area contributed by atoms with Crippen LogP contribution in [-0.2, 0) is 24.6 Å². The topological polar surface area (TPSA) is 81.8 Å². The maximum atomic E-state index is 12.6. The van der Waals surface area contributed by atoms with Crippen LogP contribution >= 0.6 is 0 Å². The summed E-state index contributed by atoms with van der Waals surface area (Å²) in [7, 11) is 1.72. The number of hydrogen-bond acceptors (Lipinski definition) is 4. The van der Waals surface area contributed by atoms with Gasteiger partial charge in [-0.1, -0.05) is 12.1 Å². The van der Waals surface area contributed by atoms with Gasteiger partial charge in [0.25, 0.3) is 5.56 Å². The van der Waals surface area contributed by atoms with E-state index in [0.29, 0.717) is 11.1 Å². The molecule has 2 aromatic heterocycles. The Hall–Kier alpha value is -3.17. The van der Waals surface area contributed by atoms with Gasteiger partial charge in [-0.15, -0.1) is 0 Å². The van der Waals surface area contributed by atoms with E-state index >= 15 is 0 Å². The van der Waals surface area contributed by atoms with Crippen molar-refractivity contribution >= 4 is 16.9 Å². The molecule has 0 aliphatic rings. The predicted molar refractivity (Wildman–Crippen MR) is 90.8 cm³/mol. The highest BCUT2D eigenvalue weighted by Crippen LogP contribution is 2.29. The Morgan fingerprint density at radius 2 is 1.93 bits per heavy atom. The van der Waals surface area contributed by atoms with E-state index in [9.17, 15) is 22.8 Å². The van der Waals surface area contributed by atoms with Crippen molar-refractivity contribution in [3.63, 3.8) is 0 Å². The van der Waals surface area contributed by atoms with E-state index in [0.717, 1.165) is 16.8 Å². The Morgan fingerprint density at radius 3 is 2.56 bits per heavy atom. The number of hydrogen-bond donors (Lipinski definition) is 1. The predicted octanol–water partition coefficient (Wildman–Crippen LogP) is 2.03. The average molecular weight is 379 g/mol. The van der Waals surface area contributed by atoms with Crippen molar-refractivity contribution in [2.24, 2.45) is 7.05 Å². The molecule has 1 N–H and O–H groups in total. The van der Waals surface area contributed by atoms with Crippen LogP contribution in [0, 0.1) is 0 Å². The van der Waals surface area contributed by atoms with E-state index in [4.69, 9.17) is 0 Å². The summed E-state index contributed by atoms with van der Waals surface area (Å²) < 4.78 is 40.5. The molecule has 1 amide bonds. The molecule has 142 valence electrons. The molecule has 0 bridgehead atoms. The average Bonchev–Trinajstić information content (AvgIpc) is 2.98. The Bertz CT molecular complexity index is 1040. The van der Waals surface area contributed by atoms with Crippen molar-refractivity contribution < 1.29 is 18.0 Å². The van der Waals surface area contributed by atoms with Gasteiger partial charge in [-0.3, -0.25) is 9.59 Å².